The highest BCUT2D eigenvalue weighted by Gasteiger charge is 2.29. The second-order valence-corrected chi connectivity index (χ2v) is 9.17. The monoisotopic (exact) mass is 412 g/mol. The maximum absolute atomic E-state index is 12.7. The van der Waals surface area contributed by atoms with E-state index >= 15 is 0 Å². The van der Waals surface area contributed by atoms with Crippen LogP contribution in [-0.2, 0) is 21.4 Å². The molecule has 152 valence electrons. The number of para-hydroxylation sites is 2. The van der Waals surface area contributed by atoms with E-state index in [0.717, 1.165) is 11.0 Å². The Morgan fingerprint density at radius 3 is 2.48 bits per heavy atom. The lowest BCUT2D eigenvalue weighted by atomic mass is 10.1. The van der Waals surface area contributed by atoms with E-state index in [-0.39, 0.29) is 11.9 Å². The summed E-state index contributed by atoms with van der Waals surface area (Å²) >= 11 is 0. The number of carbonyl (C=O) groups is 1. The van der Waals surface area contributed by atoms with E-state index in [1.54, 1.807) is 36.7 Å². The molecule has 1 saturated heterocycles. The summed E-state index contributed by atoms with van der Waals surface area (Å²) in [5.41, 5.74) is 1.93. The molecule has 0 aliphatic carbocycles. The maximum atomic E-state index is 12.7. The fraction of sp³-hybridized carbons (Fsp3) is 0.333. The van der Waals surface area contributed by atoms with Gasteiger partial charge < -0.3 is 9.88 Å². The molecule has 8 heteroatoms. The van der Waals surface area contributed by atoms with Gasteiger partial charge in [-0.15, -0.1) is 0 Å². The van der Waals surface area contributed by atoms with Crippen molar-refractivity contribution in [3.8, 4) is 0 Å². The predicted octanol–water partition coefficient (Wildman–Crippen LogP) is 2.40. The van der Waals surface area contributed by atoms with Crippen molar-refractivity contribution in [1.29, 1.82) is 0 Å². The SMILES string of the molecule is O=C(CCn1cnc2ccccc21)NC1CCN(S(=O)(=O)c2ccccc2)CC1. The molecule has 1 amide bonds. The summed E-state index contributed by atoms with van der Waals surface area (Å²) in [4.78, 5) is 17.0. The number of fused-ring (bicyclic) bond motifs is 1. The average Bonchev–Trinajstić information content (AvgIpc) is 3.16. The third-order valence-corrected chi connectivity index (χ3v) is 7.22. The number of imidazole rings is 1. The molecule has 7 nitrogen and oxygen atoms in total. The Kier molecular flexibility index (Phi) is 5.64. The Labute approximate surface area is 170 Å². The molecule has 4 rings (SSSR count). The van der Waals surface area contributed by atoms with Crippen LogP contribution in [-0.4, -0.2) is 47.3 Å². The Bertz CT molecular complexity index is 1090. The molecule has 2 heterocycles. The van der Waals surface area contributed by atoms with Crippen molar-refractivity contribution in [2.75, 3.05) is 13.1 Å². The summed E-state index contributed by atoms with van der Waals surface area (Å²) in [6, 6.07) is 16.3. The highest BCUT2D eigenvalue weighted by molar-refractivity contribution is 7.89. The molecule has 1 N–H and O–H groups in total. The molecule has 0 atom stereocenters. The zero-order valence-electron chi connectivity index (χ0n) is 16.1. The van der Waals surface area contributed by atoms with Gasteiger partial charge in [-0.1, -0.05) is 30.3 Å². The highest BCUT2D eigenvalue weighted by atomic mass is 32.2. The van der Waals surface area contributed by atoms with Crippen molar-refractivity contribution in [1.82, 2.24) is 19.2 Å². The van der Waals surface area contributed by atoms with Gasteiger partial charge in [0, 0.05) is 32.1 Å². The molecule has 0 bridgehead atoms. The minimum atomic E-state index is -3.46. The van der Waals surface area contributed by atoms with Crippen LogP contribution in [0.25, 0.3) is 11.0 Å². The standard InChI is InChI=1S/C21H24N4O3S/c26-21(12-13-24-16-22-19-8-4-5-9-20(19)24)23-17-10-14-25(15-11-17)29(27,28)18-6-2-1-3-7-18/h1-9,16-17H,10-15H2,(H,23,26). The largest absolute Gasteiger partial charge is 0.353 e. The van der Waals surface area contributed by atoms with Gasteiger partial charge in [-0.25, -0.2) is 13.4 Å². The quantitative estimate of drug-likeness (QED) is 0.674. The van der Waals surface area contributed by atoms with Gasteiger partial charge in [-0.05, 0) is 37.1 Å². The Morgan fingerprint density at radius 1 is 1.03 bits per heavy atom. The Morgan fingerprint density at radius 2 is 1.72 bits per heavy atom. The first-order valence-electron chi connectivity index (χ1n) is 9.78. The first kappa shape index (κ1) is 19.6. The Balaban J connectivity index is 1.28. The van der Waals surface area contributed by atoms with Gasteiger partial charge in [0.05, 0.1) is 22.3 Å². The van der Waals surface area contributed by atoms with E-state index in [4.69, 9.17) is 0 Å². The van der Waals surface area contributed by atoms with Crippen molar-refractivity contribution < 1.29 is 13.2 Å². The lowest BCUT2D eigenvalue weighted by Gasteiger charge is -2.31. The van der Waals surface area contributed by atoms with Crippen LogP contribution in [0.5, 0.6) is 0 Å². The maximum Gasteiger partial charge on any atom is 0.243 e. The molecule has 0 saturated carbocycles. The smallest absolute Gasteiger partial charge is 0.243 e. The van der Waals surface area contributed by atoms with E-state index in [9.17, 15) is 13.2 Å². The zero-order valence-corrected chi connectivity index (χ0v) is 16.9. The van der Waals surface area contributed by atoms with Gasteiger partial charge >= 0.3 is 0 Å². The summed E-state index contributed by atoms with van der Waals surface area (Å²) in [6.07, 6.45) is 3.35. The lowest BCUT2D eigenvalue weighted by Crippen LogP contribution is -2.46. The summed E-state index contributed by atoms with van der Waals surface area (Å²) in [5, 5.41) is 3.05. The van der Waals surface area contributed by atoms with Crippen molar-refractivity contribution in [2.45, 2.75) is 36.7 Å². The minimum absolute atomic E-state index is 0.00394. The molecule has 29 heavy (non-hydrogen) atoms. The molecular formula is C21H24N4O3S. The number of aryl methyl sites for hydroxylation is 1. The topological polar surface area (TPSA) is 84.3 Å². The van der Waals surface area contributed by atoms with Crippen LogP contribution in [0.2, 0.25) is 0 Å². The molecule has 1 aliphatic rings. The predicted molar refractivity (Wildman–Crippen MR) is 111 cm³/mol. The second-order valence-electron chi connectivity index (χ2n) is 7.24. The average molecular weight is 413 g/mol. The van der Waals surface area contributed by atoms with Crippen molar-refractivity contribution in [3.63, 3.8) is 0 Å². The number of amides is 1. The lowest BCUT2D eigenvalue weighted by molar-refractivity contribution is -0.122. The number of rotatable bonds is 6. The number of piperidine rings is 1. The van der Waals surface area contributed by atoms with Crippen LogP contribution in [0.4, 0.5) is 0 Å². The molecule has 1 aromatic heterocycles. The number of hydrogen-bond acceptors (Lipinski definition) is 4. The number of hydrogen-bond donors (Lipinski definition) is 1. The van der Waals surface area contributed by atoms with Gasteiger partial charge in [0.15, 0.2) is 0 Å². The second kappa shape index (κ2) is 8.34. The number of benzene rings is 2. The van der Waals surface area contributed by atoms with E-state index in [1.165, 1.54) is 4.31 Å². The molecule has 0 spiro atoms. The summed E-state index contributed by atoms with van der Waals surface area (Å²) < 4.78 is 28.9. The minimum Gasteiger partial charge on any atom is -0.353 e. The molecule has 1 aliphatic heterocycles. The number of sulfonamides is 1. The van der Waals surface area contributed by atoms with Crippen LogP contribution in [0, 0.1) is 0 Å². The molecule has 0 radical (unpaired) electrons. The zero-order chi connectivity index (χ0) is 20.3. The van der Waals surface area contributed by atoms with Crippen molar-refractivity contribution in [2.24, 2.45) is 0 Å². The normalized spacial score (nSPS) is 16.1. The van der Waals surface area contributed by atoms with E-state index in [2.05, 4.69) is 10.3 Å². The molecule has 3 aromatic rings. The van der Waals surface area contributed by atoms with Gasteiger partial charge in [0.1, 0.15) is 0 Å². The van der Waals surface area contributed by atoms with E-state index < -0.39 is 10.0 Å². The number of aromatic nitrogens is 2. The van der Waals surface area contributed by atoms with Crippen LogP contribution < -0.4 is 5.32 Å². The van der Waals surface area contributed by atoms with Gasteiger partial charge in [-0.2, -0.15) is 4.31 Å². The Hall–Kier alpha value is -2.71. The molecule has 0 unspecified atom stereocenters. The van der Waals surface area contributed by atoms with E-state index in [1.807, 2.05) is 28.8 Å². The summed E-state index contributed by atoms with van der Waals surface area (Å²) in [7, 11) is -3.46. The molecule has 2 aromatic carbocycles. The third-order valence-electron chi connectivity index (χ3n) is 5.31. The number of nitrogens with zero attached hydrogens (tertiary/aromatic N) is 3. The summed E-state index contributed by atoms with van der Waals surface area (Å²) in [6.45, 7) is 1.39. The third kappa shape index (κ3) is 4.33. The fourth-order valence-corrected chi connectivity index (χ4v) is 5.18. The highest BCUT2D eigenvalue weighted by Crippen LogP contribution is 2.20. The van der Waals surface area contributed by atoms with Crippen molar-refractivity contribution >= 4 is 27.0 Å². The van der Waals surface area contributed by atoms with Gasteiger partial charge in [0.2, 0.25) is 15.9 Å². The fourth-order valence-electron chi connectivity index (χ4n) is 3.69. The van der Waals surface area contributed by atoms with Crippen LogP contribution in [0.15, 0.2) is 65.8 Å². The van der Waals surface area contributed by atoms with Crippen LogP contribution >= 0.6 is 0 Å². The van der Waals surface area contributed by atoms with Gasteiger partial charge in [0.25, 0.3) is 0 Å². The van der Waals surface area contributed by atoms with Crippen LogP contribution in [0.1, 0.15) is 19.3 Å². The number of carbonyl (C=O) groups excluding carboxylic acids is 1. The number of nitrogens with one attached hydrogen (secondary N) is 1. The first-order valence-corrected chi connectivity index (χ1v) is 11.2. The molecule has 1 fully saturated rings. The van der Waals surface area contributed by atoms with Crippen LogP contribution in [0.3, 0.4) is 0 Å². The summed E-state index contributed by atoms with van der Waals surface area (Å²) in [5.74, 6) is -0.0212. The van der Waals surface area contributed by atoms with E-state index in [0.29, 0.717) is 43.8 Å². The van der Waals surface area contributed by atoms with Gasteiger partial charge in [-0.3, -0.25) is 4.79 Å². The first-order chi connectivity index (χ1) is 14.0. The van der Waals surface area contributed by atoms with Crippen molar-refractivity contribution in [3.05, 3.63) is 60.9 Å². The molecular weight excluding hydrogens is 388 g/mol.